The Morgan fingerprint density at radius 2 is 1.78 bits per heavy atom. The smallest absolute Gasteiger partial charge is 0.407 e. The van der Waals surface area contributed by atoms with Gasteiger partial charge >= 0.3 is 6.09 Å². The summed E-state index contributed by atoms with van der Waals surface area (Å²) in [6, 6.07) is 4.08. The fourth-order valence-electron chi connectivity index (χ4n) is 4.37. The molecule has 0 saturated carbocycles. The molecule has 2 aromatic heterocycles. The summed E-state index contributed by atoms with van der Waals surface area (Å²) < 4.78 is 18.6. The van der Waals surface area contributed by atoms with Crippen molar-refractivity contribution >= 4 is 34.5 Å². The number of unbranched alkanes of at least 4 members (excludes halogenated alkanes) is 2. The van der Waals surface area contributed by atoms with Crippen LogP contribution in [-0.4, -0.2) is 77.2 Å². The molecule has 0 fully saturated rings. The standard InChI is InChI=1S/C29H44ClN7O4/c1-8-9-12-31-26-25-22(33-27(30)34-26)19-37(35-25)18-21-23(39-6)15-20(16-24(21)40-7)17-36(5)14-11-10-13-32-28(38)41-29(2,3)4/h15-16,19H,8-14,17-18H2,1-7H3,(H,32,38)(H,31,33,34). The zero-order valence-electron chi connectivity index (χ0n) is 25.3. The zero-order valence-corrected chi connectivity index (χ0v) is 26.1. The summed E-state index contributed by atoms with van der Waals surface area (Å²) in [7, 11) is 5.38. The predicted molar refractivity (Wildman–Crippen MR) is 162 cm³/mol. The predicted octanol–water partition coefficient (Wildman–Crippen LogP) is 5.49. The highest BCUT2D eigenvalue weighted by atomic mass is 35.5. The van der Waals surface area contributed by atoms with Crippen LogP contribution in [0.1, 0.15) is 64.5 Å². The van der Waals surface area contributed by atoms with Gasteiger partial charge in [0.05, 0.1) is 32.5 Å². The Morgan fingerprint density at radius 3 is 2.41 bits per heavy atom. The summed E-state index contributed by atoms with van der Waals surface area (Å²) in [4.78, 5) is 22.7. The van der Waals surface area contributed by atoms with Gasteiger partial charge in [0.1, 0.15) is 22.6 Å². The minimum Gasteiger partial charge on any atom is -0.496 e. The van der Waals surface area contributed by atoms with Crippen LogP contribution in [0.5, 0.6) is 11.5 Å². The number of nitrogens with one attached hydrogen (secondary N) is 2. The Bertz CT molecular complexity index is 1270. The van der Waals surface area contributed by atoms with Crippen molar-refractivity contribution in [3.8, 4) is 11.5 Å². The van der Waals surface area contributed by atoms with Crippen LogP contribution in [0.4, 0.5) is 10.6 Å². The molecule has 0 unspecified atom stereocenters. The molecular weight excluding hydrogens is 546 g/mol. The van der Waals surface area contributed by atoms with Gasteiger partial charge in [-0.2, -0.15) is 10.1 Å². The highest BCUT2D eigenvalue weighted by molar-refractivity contribution is 6.28. The average molecular weight is 590 g/mol. The van der Waals surface area contributed by atoms with Crippen molar-refractivity contribution < 1.29 is 19.0 Å². The molecule has 0 aliphatic carbocycles. The fraction of sp³-hybridized carbons (Fsp3) is 0.586. The number of nitrogens with zero attached hydrogens (tertiary/aromatic N) is 5. The highest BCUT2D eigenvalue weighted by Gasteiger charge is 2.18. The lowest BCUT2D eigenvalue weighted by Gasteiger charge is -2.20. The second kappa shape index (κ2) is 15.1. The van der Waals surface area contributed by atoms with E-state index in [0.29, 0.717) is 29.9 Å². The van der Waals surface area contributed by atoms with Crippen LogP contribution >= 0.6 is 11.6 Å². The third kappa shape index (κ3) is 9.93. The van der Waals surface area contributed by atoms with Crippen molar-refractivity contribution in [3.05, 3.63) is 34.7 Å². The molecule has 1 amide bonds. The maximum Gasteiger partial charge on any atom is 0.407 e. The van der Waals surface area contributed by atoms with E-state index in [4.69, 9.17) is 30.9 Å². The third-order valence-electron chi connectivity index (χ3n) is 6.28. The van der Waals surface area contributed by atoms with Crippen LogP contribution in [0, 0.1) is 0 Å². The van der Waals surface area contributed by atoms with E-state index in [2.05, 4.69) is 39.5 Å². The molecule has 0 atom stereocenters. The molecule has 2 heterocycles. The monoisotopic (exact) mass is 589 g/mol. The molecule has 12 heteroatoms. The summed E-state index contributed by atoms with van der Waals surface area (Å²) >= 11 is 6.18. The number of ether oxygens (including phenoxy) is 3. The lowest BCUT2D eigenvalue weighted by atomic mass is 10.1. The number of halogens is 1. The van der Waals surface area contributed by atoms with E-state index in [0.717, 1.165) is 67.9 Å². The molecule has 0 bridgehead atoms. The molecule has 0 radical (unpaired) electrons. The van der Waals surface area contributed by atoms with Crippen molar-refractivity contribution in [2.75, 3.05) is 46.2 Å². The number of methoxy groups -OCH3 is 2. The van der Waals surface area contributed by atoms with E-state index in [1.807, 2.05) is 39.1 Å². The van der Waals surface area contributed by atoms with Gasteiger partial charge in [-0.1, -0.05) is 13.3 Å². The number of fused-ring (bicyclic) bond motifs is 1. The number of rotatable bonds is 15. The largest absolute Gasteiger partial charge is 0.496 e. The molecule has 0 aliphatic heterocycles. The van der Waals surface area contributed by atoms with Gasteiger partial charge in [-0.25, -0.2) is 9.78 Å². The fourth-order valence-corrected chi connectivity index (χ4v) is 4.54. The summed E-state index contributed by atoms with van der Waals surface area (Å²) in [6.07, 6.45) is 5.36. The van der Waals surface area contributed by atoms with Crippen LogP contribution < -0.4 is 20.1 Å². The molecule has 0 spiro atoms. The van der Waals surface area contributed by atoms with E-state index in [9.17, 15) is 4.79 Å². The lowest BCUT2D eigenvalue weighted by Crippen LogP contribution is -2.33. The van der Waals surface area contributed by atoms with Crippen molar-refractivity contribution in [2.24, 2.45) is 0 Å². The molecule has 11 nitrogen and oxygen atoms in total. The number of carbonyl (C=O) groups excluding carboxylic acids is 1. The van der Waals surface area contributed by atoms with Crippen molar-refractivity contribution in [1.82, 2.24) is 30.0 Å². The van der Waals surface area contributed by atoms with Gasteiger partial charge in [-0.05, 0) is 82.9 Å². The molecule has 1 aromatic carbocycles. The van der Waals surface area contributed by atoms with Crippen molar-refractivity contribution in [2.45, 2.75) is 72.1 Å². The molecule has 0 saturated heterocycles. The number of hydrogen-bond donors (Lipinski definition) is 2. The Morgan fingerprint density at radius 1 is 1.07 bits per heavy atom. The van der Waals surface area contributed by atoms with Gasteiger partial charge in [0.15, 0.2) is 11.3 Å². The van der Waals surface area contributed by atoms with Gasteiger partial charge in [-0.3, -0.25) is 4.68 Å². The second-order valence-corrected chi connectivity index (χ2v) is 11.4. The van der Waals surface area contributed by atoms with Crippen LogP contribution in [0.15, 0.2) is 18.3 Å². The number of aromatic nitrogens is 4. The number of anilines is 1. The normalized spacial score (nSPS) is 11.6. The van der Waals surface area contributed by atoms with Gasteiger partial charge in [0.2, 0.25) is 5.28 Å². The average Bonchev–Trinajstić information content (AvgIpc) is 3.30. The number of hydrogen-bond acceptors (Lipinski definition) is 9. The van der Waals surface area contributed by atoms with Crippen molar-refractivity contribution in [3.63, 3.8) is 0 Å². The first-order chi connectivity index (χ1) is 19.5. The summed E-state index contributed by atoms with van der Waals surface area (Å²) in [6.45, 7) is 11.1. The molecule has 3 aromatic rings. The van der Waals surface area contributed by atoms with E-state index in [1.54, 1.807) is 18.9 Å². The Balaban J connectivity index is 1.64. The zero-order chi connectivity index (χ0) is 30.0. The number of amides is 1. The molecule has 0 aliphatic rings. The van der Waals surface area contributed by atoms with Crippen molar-refractivity contribution in [1.29, 1.82) is 0 Å². The topological polar surface area (TPSA) is 116 Å². The highest BCUT2D eigenvalue weighted by Crippen LogP contribution is 2.32. The van der Waals surface area contributed by atoms with Gasteiger partial charge in [-0.15, -0.1) is 0 Å². The van der Waals surface area contributed by atoms with E-state index in [-0.39, 0.29) is 11.4 Å². The summed E-state index contributed by atoms with van der Waals surface area (Å²) in [5.41, 5.74) is 2.79. The molecular formula is C29H44ClN7O4. The number of alkyl carbamates (subject to hydrolysis) is 1. The van der Waals surface area contributed by atoms with E-state index in [1.165, 1.54) is 0 Å². The number of carbonyl (C=O) groups is 1. The maximum atomic E-state index is 11.8. The minimum absolute atomic E-state index is 0.180. The molecule has 2 N–H and O–H groups in total. The van der Waals surface area contributed by atoms with Gasteiger partial charge in [0, 0.05) is 19.6 Å². The Labute approximate surface area is 247 Å². The lowest BCUT2D eigenvalue weighted by molar-refractivity contribution is 0.0526. The first kappa shape index (κ1) is 32.2. The van der Waals surface area contributed by atoms with Crippen LogP contribution in [0.2, 0.25) is 5.28 Å². The second-order valence-electron chi connectivity index (χ2n) is 11.0. The van der Waals surface area contributed by atoms with E-state index >= 15 is 0 Å². The summed E-state index contributed by atoms with van der Waals surface area (Å²) in [5.74, 6) is 2.07. The van der Waals surface area contributed by atoms with Gasteiger partial charge < -0.3 is 29.7 Å². The molecule has 226 valence electrons. The van der Waals surface area contributed by atoms with Crippen LogP contribution in [0.3, 0.4) is 0 Å². The minimum atomic E-state index is -0.494. The summed E-state index contributed by atoms with van der Waals surface area (Å²) in [5, 5.41) is 11.1. The first-order valence-corrected chi connectivity index (χ1v) is 14.4. The quantitative estimate of drug-likeness (QED) is 0.175. The third-order valence-corrected chi connectivity index (χ3v) is 6.45. The molecule has 41 heavy (non-hydrogen) atoms. The van der Waals surface area contributed by atoms with Gasteiger partial charge in [0.25, 0.3) is 0 Å². The number of benzene rings is 1. The maximum absolute atomic E-state index is 11.8. The SMILES string of the molecule is CCCCNc1nc(Cl)nc2cn(Cc3c(OC)cc(CN(C)CCCCNC(=O)OC(C)(C)C)cc3OC)nc12. The van der Waals surface area contributed by atoms with Crippen LogP contribution in [-0.2, 0) is 17.8 Å². The molecule has 3 rings (SSSR count). The first-order valence-electron chi connectivity index (χ1n) is 14.1. The Hall–Kier alpha value is -3.31. The van der Waals surface area contributed by atoms with E-state index < -0.39 is 5.60 Å². The Kier molecular flexibility index (Phi) is 11.8. The van der Waals surface area contributed by atoms with Crippen LogP contribution in [0.25, 0.3) is 11.0 Å².